The maximum atomic E-state index is 15.1. The lowest BCUT2D eigenvalue weighted by Gasteiger charge is -2.11. The Labute approximate surface area is 185 Å². The summed E-state index contributed by atoms with van der Waals surface area (Å²) in [4.78, 5) is 33.7. The summed E-state index contributed by atoms with van der Waals surface area (Å²) in [7, 11) is 1.42. The number of ether oxygens (including phenoxy) is 1. The second-order valence-corrected chi connectivity index (χ2v) is 7.13. The van der Waals surface area contributed by atoms with Crippen LogP contribution in [0.25, 0.3) is 11.0 Å². The first kappa shape index (κ1) is 21.3. The number of benzene rings is 3. The predicted molar refractivity (Wildman–Crippen MR) is 115 cm³/mol. The number of nitrogens with zero attached hydrogens (tertiary/aromatic N) is 2. The van der Waals surface area contributed by atoms with E-state index in [2.05, 4.69) is 15.3 Å². The molecule has 1 heterocycles. The van der Waals surface area contributed by atoms with E-state index in [9.17, 15) is 14.0 Å². The lowest BCUT2D eigenvalue weighted by molar-refractivity contribution is 0.101. The number of hydrogen-bond acceptors (Lipinski definition) is 5. The van der Waals surface area contributed by atoms with Crippen molar-refractivity contribution in [3.05, 3.63) is 94.1 Å². The lowest BCUT2D eigenvalue weighted by Crippen LogP contribution is -2.16. The van der Waals surface area contributed by atoms with Crippen LogP contribution in [0.3, 0.4) is 0 Å². The molecule has 4 rings (SSSR count). The van der Waals surface area contributed by atoms with Crippen LogP contribution in [0.1, 0.15) is 26.3 Å². The summed E-state index contributed by atoms with van der Waals surface area (Å²) in [5.41, 5.74) is -0.175. The molecule has 0 aliphatic heterocycles. The van der Waals surface area contributed by atoms with Crippen LogP contribution in [0.15, 0.2) is 60.8 Å². The Kier molecular flexibility index (Phi) is 5.79. The van der Waals surface area contributed by atoms with Crippen molar-refractivity contribution in [2.24, 2.45) is 0 Å². The molecule has 0 atom stereocenters. The van der Waals surface area contributed by atoms with E-state index in [0.717, 1.165) is 12.1 Å². The minimum Gasteiger partial charge on any atom is -0.480 e. The van der Waals surface area contributed by atoms with Gasteiger partial charge in [-0.2, -0.15) is 0 Å². The highest BCUT2D eigenvalue weighted by atomic mass is 35.5. The molecule has 0 spiro atoms. The number of aromatic nitrogens is 2. The number of carbonyl (C=O) groups excluding carboxylic acids is 2. The summed E-state index contributed by atoms with van der Waals surface area (Å²) in [6.07, 6.45) is 1.41. The highest BCUT2D eigenvalue weighted by Gasteiger charge is 2.23. The molecule has 1 N–H and O–H groups in total. The fourth-order valence-corrected chi connectivity index (χ4v) is 3.25. The molecule has 0 aliphatic carbocycles. The zero-order valence-corrected chi connectivity index (χ0v) is 17.3. The normalized spacial score (nSPS) is 10.8. The van der Waals surface area contributed by atoms with Crippen LogP contribution in [0.2, 0.25) is 5.02 Å². The molecule has 0 fully saturated rings. The van der Waals surface area contributed by atoms with E-state index in [1.807, 2.05) is 0 Å². The van der Waals surface area contributed by atoms with Crippen molar-refractivity contribution in [2.45, 2.75) is 0 Å². The first-order chi connectivity index (χ1) is 15.4. The first-order valence-corrected chi connectivity index (χ1v) is 9.65. The lowest BCUT2D eigenvalue weighted by atomic mass is 10.0. The van der Waals surface area contributed by atoms with E-state index in [1.54, 1.807) is 12.1 Å². The number of hydrogen-bond donors (Lipinski definition) is 1. The van der Waals surface area contributed by atoms with E-state index in [4.69, 9.17) is 16.3 Å². The maximum absolute atomic E-state index is 15.1. The molecule has 0 radical (unpaired) electrons. The van der Waals surface area contributed by atoms with Crippen LogP contribution in [0, 0.1) is 11.6 Å². The molecule has 9 heteroatoms. The van der Waals surface area contributed by atoms with Gasteiger partial charge >= 0.3 is 0 Å². The van der Waals surface area contributed by atoms with E-state index in [1.165, 1.54) is 43.6 Å². The van der Waals surface area contributed by atoms with Gasteiger partial charge < -0.3 is 10.1 Å². The molecule has 3 aromatic carbocycles. The molecule has 0 unspecified atom stereocenters. The zero-order chi connectivity index (χ0) is 22.8. The Hall–Kier alpha value is -3.91. The summed E-state index contributed by atoms with van der Waals surface area (Å²) in [6, 6.07) is 12.2. The molecule has 1 amide bonds. The van der Waals surface area contributed by atoms with Gasteiger partial charge in [-0.3, -0.25) is 9.59 Å². The average molecular weight is 454 g/mol. The quantitative estimate of drug-likeness (QED) is 0.427. The van der Waals surface area contributed by atoms with Crippen LogP contribution in [-0.2, 0) is 0 Å². The third-order valence-corrected chi connectivity index (χ3v) is 4.88. The second-order valence-electron chi connectivity index (χ2n) is 6.69. The first-order valence-electron chi connectivity index (χ1n) is 9.28. The molecule has 0 aliphatic rings. The van der Waals surface area contributed by atoms with Gasteiger partial charge in [0.05, 0.1) is 35.6 Å². The number of methoxy groups -OCH3 is 1. The summed E-state index contributed by atoms with van der Waals surface area (Å²) < 4.78 is 34.6. The number of fused-ring (bicyclic) bond motifs is 1. The number of ketones is 1. The Balaban J connectivity index is 1.70. The van der Waals surface area contributed by atoms with Gasteiger partial charge in [-0.05, 0) is 48.5 Å². The van der Waals surface area contributed by atoms with Gasteiger partial charge in [-0.25, -0.2) is 18.7 Å². The molecule has 160 valence electrons. The molecule has 0 bridgehead atoms. The number of rotatable bonds is 5. The zero-order valence-electron chi connectivity index (χ0n) is 16.5. The van der Waals surface area contributed by atoms with E-state index in [-0.39, 0.29) is 22.7 Å². The standard InChI is InChI=1S/C23H14ClF2N3O3/c1-32-19-11-27-16-7-5-12(10-18(16)28-19)22(30)20-15(25)6-8-17(21(20)26)29-23(31)13-3-2-4-14(24)9-13/h2-11H,1H3,(H,29,31). The van der Waals surface area contributed by atoms with Gasteiger partial charge in [0.2, 0.25) is 5.88 Å². The maximum Gasteiger partial charge on any atom is 0.255 e. The SMILES string of the molecule is COc1cnc2ccc(C(=O)c3c(F)ccc(NC(=O)c4cccc(Cl)c4)c3F)cc2n1. The molecule has 0 saturated carbocycles. The Morgan fingerprint density at radius 1 is 1.00 bits per heavy atom. The van der Waals surface area contributed by atoms with Gasteiger partial charge in [-0.1, -0.05) is 17.7 Å². The molecular weight excluding hydrogens is 440 g/mol. The molecule has 0 saturated heterocycles. The van der Waals surface area contributed by atoms with Crippen molar-refractivity contribution in [3.8, 4) is 5.88 Å². The Morgan fingerprint density at radius 3 is 2.56 bits per heavy atom. The monoisotopic (exact) mass is 453 g/mol. The molecule has 32 heavy (non-hydrogen) atoms. The largest absolute Gasteiger partial charge is 0.480 e. The van der Waals surface area contributed by atoms with Gasteiger partial charge in [-0.15, -0.1) is 0 Å². The predicted octanol–water partition coefficient (Wildman–Crippen LogP) is 5.05. The minimum absolute atomic E-state index is 0.00355. The number of carbonyl (C=O) groups is 2. The van der Waals surface area contributed by atoms with Gasteiger partial charge in [0.25, 0.3) is 5.91 Å². The Bertz CT molecular complexity index is 1380. The topological polar surface area (TPSA) is 81.2 Å². The Morgan fingerprint density at radius 2 is 1.81 bits per heavy atom. The smallest absolute Gasteiger partial charge is 0.255 e. The number of halogens is 3. The summed E-state index contributed by atoms with van der Waals surface area (Å²) in [6.45, 7) is 0. The van der Waals surface area contributed by atoms with Crippen molar-refractivity contribution in [2.75, 3.05) is 12.4 Å². The highest BCUT2D eigenvalue weighted by Crippen LogP contribution is 2.26. The molecule has 6 nitrogen and oxygen atoms in total. The fourth-order valence-electron chi connectivity index (χ4n) is 3.06. The van der Waals surface area contributed by atoms with Gasteiger partial charge in [0, 0.05) is 16.1 Å². The molecular formula is C23H14ClF2N3O3. The van der Waals surface area contributed by atoms with Crippen molar-refractivity contribution in [1.29, 1.82) is 0 Å². The van der Waals surface area contributed by atoms with Gasteiger partial charge in [0.1, 0.15) is 5.82 Å². The van der Waals surface area contributed by atoms with Crippen LogP contribution in [0.5, 0.6) is 5.88 Å². The highest BCUT2D eigenvalue weighted by molar-refractivity contribution is 6.31. The number of amides is 1. The number of nitrogens with one attached hydrogen (secondary N) is 1. The van der Waals surface area contributed by atoms with Crippen molar-refractivity contribution >= 4 is 40.0 Å². The van der Waals surface area contributed by atoms with Crippen molar-refractivity contribution in [3.63, 3.8) is 0 Å². The average Bonchev–Trinajstić information content (AvgIpc) is 2.80. The second kappa shape index (κ2) is 8.68. The summed E-state index contributed by atoms with van der Waals surface area (Å²) in [5.74, 6) is -3.60. The summed E-state index contributed by atoms with van der Waals surface area (Å²) >= 11 is 5.87. The van der Waals surface area contributed by atoms with E-state index in [0.29, 0.717) is 16.1 Å². The van der Waals surface area contributed by atoms with Crippen LogP contribution >= 0.6 is 11.6 Å². The van der Waals surface area contributed by atoms with Crippen LogP contribution < -0.4 is 10.1 Å². The van der Waals surface area contributed by atoms with Crippen LogP contribution in [-0.4, -0.2) is 28.8 Å². The van der Waals surface area contributed by atoms with Gasteiger partial charge in [0.15, 0.2) is 11.6 Å². The summed E-state index contributed by atoms with van der Waals surface area (Å²) in [5, 5.41) is 2.67. The van der Waals surface area contributed by atoms with E-state index < -0.39 is 28.9 Å². The third kappa shape index (κ3) is 4.13. The van der Waals surface area contributed by atoms with Crippen molar-refractivity contribution in [1.82, 2.24) is 9.97 Å². The molecule has 1 aromatic heterocycles. The minimum atomic E-state index is -1.19. The molecule has 4 aromatic rings. The van der Waals surface area contributed by atoms with E-state index >= 15 is 4.39 Å². The fraction of sp³-hybridized carbons (Fsp3) is 0.0435. The third-order valence-electron chi connectivity index (χ3n) is 4.64. The van der Waals surface area contributed by atoms with Crippen molar-refractivity contribution < 1.29 is 23.1 Å². The number of anilines is 1. The van der Waals surface area contributed by atoms with Crippen LogP contribution in [0.4, 0.5) is 14.5 Å².